The average molecular weight is 385 g/mol. The van der Waals surface area contributed by atoms with E-state index in [1.54, 1.807) is 0 Å². The summed E-state index contributed by atoms with van der Waals surface area (Å²) in [6.45, 7) is 10.8. The van der Waals surface area contributed by atoms with E-state index in [0.717, 1.165) is 11.3 Å². The summed E-state index contributed by atoms with van der Waals surface area (Å²) in [5, 5.41) is 5.62. The summed E-state index contributed by atoms with van der Waals surface area (Å²) in [5.41, 5.74) is 11.5. The van der Waals surface area contributed by atoms with Crippen LogP contribution in [0.4, 0.5) is 11.5 Å². The molecule has 29 heavy (non-hydrogen) atoms. The predicted molar refractivity (Wildman–Crippen MR) is 124 cm³/mol. The topological polar surface area (TPSA) is 40.5 Å². The Hall–Kier alpha value is -3.14. The third-order valence-electron chi connectivity index (χ3n) is 5.88. The second-order valence-electron chi connectivity index (χ2n) is 8.45. The molecule has 0 saturated carbocycles. The molecule has 2 aromatic carbocycles. The van der Waals surface area contributed by atoms with Crippen LogP contribution in [0.2, 0.25) is 0 Å². The van der Waals surface area contributed by atoms with Crippen molar-refractivity contribution in [3.05, 3.63) is 76.5 Å². The third-order valence-corrected chi connectivity index (χ3v) is 5.88. The summed E-state index contributed by atoms with van der Waals surface area (Å²) in [6, 6.07) is 15.0. The normalized spacial score (nSPS) is 16.8. The van der Waals surface area contributed by atoms with Crippen LogP contribution >= 0.6 is 0 Å². The molecule has 0 aliphatic carbocycles. The lowest BCUT2D eigenvalue weighted by molar-refractivity contribution is 0.641. The van der Waals surface area contributed by atoms with Crippen molar-refractivity contribution in [3.63, 3.8) is 0 Å². The van der Waals surface area contributed by atoms with Gasteiger partial charge in [0.1, 0.15) is 5.82 Å². The van der Waals surface area contributed by atoms with Crippen LogP contribution < -0.4 is 10.3 Å². The number of aryl methyl sites for hydroxylation is 3. The SMILES string of the molecule is Cc1cc(C)c2nc(NN=CC=C3N(C)c4ccccc4C3(C)C)cc(C)c2c1. The van der Waals surface area contributed by atoms with Crippen molar-refractivity contribution in [1.29, 1.82) is 0 Å². The first-order valence-electron chi connectivity index (χ1n) is 10.0. The lowest BCUT2D eigenvalue weighted by atomic mass is 9.84. The summed E-state index contributed by atoms with van der Waals surface area (Å²) in [6.07, 6.45) is 3.90. The molecule has 1 aromatic heterocycles. The molecule has 2 heterocycles. The number of aromatic nitrogens is 1. The number of para-hydroxylation sites is 1. The first kappa shape index (κ1) is 19.2. The molecule has 1 N–H and O–H groups in total. The molecule has 0 saturated heterocycles. The number of hydrazone groups is 1. The maximum atomic E-state index is 4.77. The van der Waals surface area contributed by atoms with Crippen molar-refractivity contribution in [1.82, 2.24) is 4.98 Å². The van der Waals surface area contributed by atoms with Crippen LogP contribution in [0.15, 0.2) is 59.3 Å². The maximum Gasteiger partial charge on any atom is 0.147 e. The molecule has 0 spiro atoms. The number of likely N-dealkylation sites (N-methyl/N-ethyl adjacent to an activating group) is 1. The molecular weight excluding hydrogens is 356 g/mol. The molecule has 0 unspecified atom stereocenters. The van der Waals surface area contributed by atoms with Gasteiger partial charge in [-0.2, -0.15) is 5.10 Å². The summed E-state index contributed by atoms with van der Waals surface area (Å²) in [7, 11) is 2.11. The Morgan fingerprint density at radius 2 is 1.79 bits per heavy atom. The Balaban J connectivity index is 1.59. The second kappa shape index (κ2) is 7.03. The highest BCUT2D eigenvalue weighted by atomic mass is 15.3. The van der Waals surface area contributed by atoms with Crippen molar-refractivity contribution < 1.29 is 0 Å². The lowest BCUT2D eigenvalue weighted by Crippen LogP contribution is -2.23. The van der Waals surface area contributed by atoms with Gasteiger partial charge in [-0.25, -0.2) is 4.98 Å². The highest BCUT2D eigenvalue weighted by Crippen LogP contribution is 2.46. The zero-order chi connectivity index (χ0) is 20.8. The number of rotatable bonds is 3. The van der Waals surface area contributed by atoms with Crippen LogP contribution in [0.5, 0.6) is 0 Å². The van der Waals surface area contributed by atoms with Crippen LogP contribution in [-0.4, -0.2) is 18.2 Å². The Morgan fingerprint density at radius 1 is 1.03 bits per heavy atom. The minimum absolute atomic E-state index is 0.0515. The molecule has 1 aliphatic rings. The zero-order valence-corrected chi connectivity index (χ0v) is 18.0. The highest BCUT2D eigenvalue weighted by molar-refractivity contribution is 5.87. The Kier molecular flexibility index (Phi) is 4.65. The molecule has 0 amide bonds. The van der Waals surface area contributed by atoms with E-state index in [0.29, 0.717) is 0 Å². The number of nitrogens with one attached hydrogen (secondary N) is 1. The third kappa shape index (κ3) is 3.29. The molecule has 1 aliphatic heterocycles. The molecule has 0 fully saturated rings. The fourth-order valence-electron chi connectivity index (χ4n) is 4.41. The van der Waals surface area contributed by atoms with E-state index in [2.05, 4.69) is 99.6 Å². The van der Waals surface area contributed by atoms with Crippen LogP contribution in [0.1, 0.15) is 36.1 Å². The molecule has 3 aromatic rings. The van der Waals surface area contributed by atoms with Gasteiger partial charge in [-0.15, -0.1) is 0 Å². The predicted octanol–water partition coefficient (Wildman–Crippen LogP) is 5.87. The molecular formula is C25H28N4. The van der Waals surface area contributed by atoms with Gasteiger partial charge in [0.15, 0.2) is 0 Å². The van der Waals surface area contributed by atoms with Crippen LogP contribution in [0, 0.1) is 20.8 Å². The van der Waals surface area contributed by atoms with Gasteiger partial charge < -0.3 is 4.90 Å². The quantitative estimate of drug-likeness (QED) is 0.453. The van der Waals surface area contributed by atoms with Crippen molar-refractivity contribution >= 4 is 28.6 Å². The number of hydrogen-bond acceptors (Lipinski definition) is 4. The molecule has 4 heteroatoms. The van der Waals surface area contributed by atoms with E-state index >= 15 is 0 Å². The van der Waals surface area contributed by atoms with Gasteiger partial charge in [-0.3, -0.25) is 5.43 Å². The maximum absolute atomic E-state index is 4.77. The van der Waals surface area contributed by atoms with E-state index in [1.807, 2.05) is 12.3 Å². The number of nitrogens with zero attached hydrogens (tertiary/aromatic N) is 3. The molecule has 4 rings (SSSR count). The van der Waals surface area contributed by atoms with E-state index in [1.165, 1.54) is 39.0 Å². The fraction of sp³-hybridized carbons (Fsp3) is 0.280. The van der Waals surface area contributed by atoms with Gasteiger partial charge in [0.05, 0.1) is 5.52 Å². The van der Waals surface area contributed by atoms with Gasteiger partial charge in [0.2, 0.25) is 0 Å². The molecule has 0 radical (unpaired) electrons. The summed E-state index contributed by atoms with van der Waals surface area (Å²) in [5.74, 6) is 0.763. The average Bonchev–Trinajstić information content (AvgIpc) is 2.86. The van der Waals surface area contributed by atoms with Crippen LogP contribution in [0.3, 0.4) is 0 Å². The minimum atomic E-state index is -0.0515. The van der Waals surface area contributed by atoms with E-state index < -0.39 is 0 Å². The van der Waals surface area contributed by atoms with Crippen LogP contribution in [0.25, 0.3) is 10.9 Å². The lowest BCUT2D eigenvalue weighted by Gasteiger charge is -2.23. The first-order valence-corrected chi connectivity index (χ1v) is 10.0. The number of benzene rings is 2. The number of anilines is 2. The number of fused-ring (bicyclic) bond motifs is 2. The van der Waals surface area contributed by atoms with Gasteiger partial charge in [-0.05, 0) is 61.7 Å². The largest absolute Gasteiger partial charge is 0.347 e. The second-order valence-corrected chi connectivity index (χ2v) is 8.45. The van der Waals surface area contributed by atoms with Crippen molar-refractivity contribution in [2.45, 2.75) is 40.0 Å². The number of pyridine rings is 1. The number of hydrogen-bond donors (Lipinski definition) is 1. The molecule has 148 valence electrons. The highest BCUT2D eigenvalue weighted by Gasteiger charge is 2.37. The van der Waals surface area contributed by atoms with Crippen molar-refractivity contribution in [3.8, 4) is 0 Å². The van der Waals surface area contributed by atoms with Gasteiger partial charge in [0, 0.05) is 35.4 Å². The molecule has 4 nitrogen and oxygen atoms in total. The first-order chi connectivity index (χ1) is 13.8. The molecule has 0 atom stereocenters. The smallest absolute Gasteiger partial charge is 0.147 e. The minimum Gasteiger partial charge on any atom is -0.347 e. The monoisotopic (exact) mass is 384 g/mol. The zero-order valence-electron chi connectivity index (χ0n) is 18.0. The van der Waals surface area contributed by atoms with E-state index in [9.17, 15) is 0 Å². The van der Waals surface area contributed by atoms with Crippen LogP contribution in [-0.2, 0) is 5.41 Å². The molecule has 0 bridgehead atoms. The van der Waals surface area contributed by atoms with Gasteiger partial charge in [-0.1, -0.05) is 43.7 Å². The van der Waals surface area contributed by atoms with E-state index in [-0.39, 0.29) is 5.41 Å². The van der Waals surface area contributed by atoms with Gasteiger partial charge >= 0.3 is 0 Å². The Labute approximate surface area is 173 Å². The number of allylic oxidation sites excluding steroid dienone is 2. The van der Waals surface area contributed by atoms with Gasteiger partial charge in [0.25, 0.3) is 0 Å². The standard InChI is InChI=1S/C25H28N4/c1-16-13-18(3)24-19(14-16)17(2)15-23(27-24)28-26-12-11-22-25(4,5)20-9-7-8-10-21(20)29(22)6/h7-15H,1-6H3,(H,27,28). The summed E-state index contributed by atoms with van der Waals surface area (Å²) in [4.78, 5) is 7.01. The van der Waals surface area contributed by atoms with Crippen molar-refractivity contribution in [2.75, 3.05) is 17.4 Å². The summed E-state index contributed by atoms with van der Waals surface area (Å²) < 4.78 is 0. The fourth-order valence-corrected chi connectivity index (χ4v) is 4.41. The Bertz CT molecular complexity index is 1150. The van der Waals surface area contributed by atoms with Crippen molar-refractivity contribution in [2.24, 2.45) is 5.10 Å². The van der Waals surface area contributed by atoms with E-state index in [4.69, 9.17) is 4.98 Å². The Morgan fingerprint density at radius 3 is 2.55 bits per heavy atom. The summed E-state index contributed by atoms with van der Waals surface area (Å²) >= 11 is 0.